The third kappa shape index (κ3) is 4.54. The summed E-state index contributed by atoms with van der Waals surface area (Å²) in [6.07, 6.45) is 3.41. The molecule has 0 radical (unpaired) electrons. The molecule has 1 aromatic carbocycles. The highest BCUT2D eigenvalue weighted by Gasteiger charge is 2.59. The number of aromatic nitrogens is 1. The number of methoxy groups -OCH3 is 1. The van der Waals surface area contributed by atoms with E-state index in [9.17, 15) is 23.3 Å². The highest BCUT2D eigenvalue weighted by Crippen LogP contribution is 2.50. The maximum atomic E-state index is 13.9. The first-order valence-corrected chi connectivity index (χ1v) is 14.1. The number of carbonyl (C=O) groups excluding carboxylic acids is 2. The predicted octanol–water partition coefficient (Wildman–Crippen LogP) is 3.04. The Balaban J connectivity index is 1.48. The summed E-state index contributed by atoms with van der Waals surface area (Å²) < 4.78 is 32.4. The number of ether oxygens (including phenoxy) is 1. The lowest BCUT2D eigenvalue weighted by Gasteiger charge is -2.28. The van der Waals surface area contributed by atoms with Gasteiger partial charge in [-0.2, -0.15) is 5.26 Å². The van der Waals surface area contributed by atoms with Gasteiger partial charge in [-0.15, -0.1) is 0 Å². The molecule has 2 amide bonds. The van der Waals surface area contributed by atoms with Crippen LogP contribution in [0.4, 0.5) is 0 Å². The van der Waals surface area contributed by atoms with Gasteiger partial charge in [0.25, 0.3) is 0 Å². The van der Waals surface area contributed by atoms with Crippen LogP contribution in [0.2, 0.25) is 10.0 Å². The van der Waals surface area contributed by atoms with E-state index in [2.05, 4.69) is 16.4 Å². The Hall–Kier alpha value is -2.87. The van der Waals surface area contributed by atoms with Crippen molar-refractivity contribution < 1.29 is 22.7 Å². The largest absolute Gasteiger partial charge is 0.497 e. The number of nitrogens with zero attached hydrogens (tertiary/aromatic N) is 3. The van der Waals surface area contributed by atoms with E-state index in [0.717, 1.165) is 0 Å². The molecule has 1 aromatic heterocycles. The van der Waals surface area contributed by atoms with E-state index in [1.807, 2.05) is 0 Å². The number of nitrogens with one attached hydrogen (secondary N) is 1. The van der Waals surface area contributed by atoms with Gasteiger partial charge in [-0.25, -0.2) is 8.42 Å². The zero-order valence-electron chi connectivity index (χ0n) is 19.9. The monoisotopic (exact) mass is 562 g/mol. The summed E-state index contributed by atoms with van der Waals surface area (Å²) in [5, 5.41) is 11.5. The summed E-state index contributed by atoms with van der Waals surface area (Å²) in [6.45, 7) is -0.184. The zero-order chi connectivity index (χ0) is 26.6. The van der Waals surface area contributed by atoms with E-state index in [-0.39, 0.29) is 28.8 Å². The number of pyridine rings is 1. The van der Waals surface area contributed by atoms with Crippen molar-refractivity contribution in [3.63, 3.8) is 0 Å². The first kappa shape index (κ1) is 25.8. The summed E-state index contributed by atoms with van der Waals surface area (Å²) in [7, 11) is -2.57. The van der Waals surface area contributed by atoms with E-state index >= 15 is 0 Å². The number of sulfone groups is 1. The van der Waals surface area contributed by atoms with Crippen molar-refractivity contribution >= 4 is 44.9 Å². The number of carbonyl (C=O) groups is 2. The molecule has 3 aliphatic rings. The molecule has 37 heavy (non-hydrogen) atoms. The number of hydrogen-bond donors (Lipinski definition) is 1. The van der Waals surface area contributed by atoms with Crippen molar-refractivity contribution in [2.24, 2.45) is 0 Å². The number of nitriles is 1. The molecule has 2 atom stereocenters. The average molecular weight is 563 g/mol. The van der Waals surface area contributed by atoms with Crippen molar-refractivity contribution in [3.05, 3.63) is 52.3 Å². The molecule has 2 saturated carbocycles. The van der Waals surface area contributed by atoms with E-state index in [4.69, 9.17) is 27.9 Å². The van der Waals surface area contributed by atoms with Crippen LogP contribution in [0, 0.1) is 11.3 Å². The fourth-order valence-corrected chi connectivity index (χ4v) is 7.21. The second kappa shape index (κ2) is 9.15. The molecule has 194 valence electrons. The van der Waals surface area contributed by atoms with Gasteiger partial charge in [0.2, 0.25) is 11.8 Å². The molecule has 9 nitrogen and oxygen atoms in total. The van der Waals surface area contributed by atoms with Crippen molar-refractivity contribution in [2.45, 2.75) is 59.2 Å². The zero-order valence-corrected chi connectivity index (χ0v) is 22.2. The third-order valence-electron chi connectivity index (χ3n) is 7.41. The summed E-state index contributed by atoms with van der Waals surface area (Å²) >= 11 is 12.3. The Labute approximate surface area is 224 Å². The van der Waals surface area contributed by atoms with Gasteiger partial charge in [-0.3, -0.25) is 14.6 Å². The first-order chi connectivity index (χ1) is 17.5. The standard InChI is InChI=1S/C25H24Cl2N4O5S/c1-36-16-3-4-20(18(27)10-16)37(34,35)17-11-19(22(32)30-24(14-28)6-7-24)31(13-17)23(33)25(8-9-25)21-5-2-15(26)12-29-21/h2-5,10,12,17,19H,6-9,11,13H2,1H3,(H,30,32). The summed E-state index contributed by atoms with van der Waals surface area (Å²) in [6, 6.07) is 8.65. The number of rotatable bonds is 7. The number of amides is 2. The van der Waals surface area contributed by atoms with E-state index in [1.54, 1.807) is 12.1 Å². The molecule has 1 N–H and O–H groups in total. The number of hydrogen-bond acceptors (Lipinski definition) is 7. The smallest absolute Gasteiger partial charge is 0.244 e. The normalized spacial score (nSPS) is 23.1. The van der Waals surface area contributed by atoms with Crippen LogP contribution < -0.4 is 10.1 Å². The molecule has 2 aromatic rings. The van der Waals surface area contributed by atoms with E-state index in [0.29, 0.717) is 42.1 Å². The van der Waals surface area contributed by atoms with Crippen molar-refractivity contribution in [1.29, 1.82) is 5.26 Å². The Morgan fingerprint density at radius 3 is 2.46 bits per heavy atom. The number of halogens is 2. The maximum absolute atomic E-state index is 13.9. The van der Waals surface area contributed by atoms with Crippen LogP contribution in [0.25, 0.3) is 0 Å². The van der Waals surface area contributed by atoms with Crippen LogP contribution in [0.5, 0.6) is 5.75 Å². The fraction of sp³-hybridized carbons (Fsp3) is 0.440. The van der Waals surface area contributed by atoms with Crippen LogP contribution in [-0.4, -0.2) is 60.6 Å². The Kier molecular flexibility index (Phi) is 6.37. The molecule has 2 unspecified atom stereocenters. The highest BCUT2D eigenvalue weighted by atomic mass is 35.5. The molecular formula is C25H24Cl2N4O5S. The van der Waals surface area contributed by atoms with Crippen molar-refractivity contribution in [2.75, 3.05) is 13.7 Å². The minimum atomic E-state index is -4.02. The van der Waals surface area contributed by atoms with Crippen molar-refractivity contribution in [1.82, 2.24) is 15.2 Å². The molecular weight excluding hydrogens is 539 g/mol. The van der Waals surface area contributed by atoms with Crippen molar-refractivity contribution in [3.8, 4) is 11.8 Å². The molecule has 5 rings (SSSR count). The number of benzene rings is 1. The molecule has 1 saturated heterocycles. The summed E-state index contributed by atoms with van der Waals surface area (Å²) in [5.41, 5.74) is -1.37. The molecule has 2 aliphatic carbocycles. The van der Waals surface area contributed by atoms with E-state index < -0.39 is 38.0 Å². The highest BCUT2D eigenvalue weighted by molar-refractivity contribution is 7.92. The SMILES string of the molecule is COc1ccc(S(=O)(=O)C2CC(C(=O)NC3(C#N)CC3)N(C(=O)C3(c4ccc(Cl)cn4)CC3)C2)c(Cl)c1. The minimum absolute atomic E-state index is 0.00410. The number of likely N-dealkylation sites (tertiary alicyclic amines) is 1. The van der Waals surface area contributed by atoms with Gasteiger partial charge in [-0.1, -0.05) is 23.2 Å². The lowest BCUT2D eigenvalue weighted by Crippen LogP contribution is -2.51. The first-order valence-electron chi connectivity index (χ1n) is 11.8. The van der Waals surface area contributed by atoms with Crippen LogP contribution in [0.1, 0.15) is 37.8 Å². The Morgan fingerprint density at radius 2 is 1.92 bits per heavy atom. The van der Waals surface area contributed by atoms with E-state index in [1.165, 1.54) is 36.4 Å². The summed E-state index contributed by atoms with van der Waals surface area (Å²) in [5.74, 6) is -0.490. The third-order valence-corrected chi connectivity index (χ3v) is 10.3. The molecule has 2 heterocycles. The van der Waals surface area contributed by atoms with Gasteiger partial charge in [0.05, 0.1) is 44.5 Å². The van der Waals surface area contributed by atoms with Gasteiger partial charge in [0, 0.05) is 18.8 Å². The van der Waals surface area contributed by atoms with Crippen LogP contribution >= 0.6 is 23.2 Å². The summed E-state index contributed by atoms with van der Waals surface area (Å²) in [4.78, 5) is 32.8. The lowest BCUT2D eigenvalue weighted by molar-refractivity contribution is -0.140. The second-order valence-corrected chi connectivity index (χ2v) is 12.8. The van der Waals surface area contributed by atoms with Gasteiger partial charge >= 0.3 is 0 Å². The molecule has 3 fully saturated rings. The Morgan fingerprint density at radius 1 is 1.19 bits per heavy atom. The molecule has 12 heteroatoms. The average Bonchev–Trinajstić information content (AvgIpc) is 3.80. The van der Waals surface area contributed by atoms with Crippen LogP contribution in [-0.2, 0) is 24.8 Å². The van der Waals surface area contributed by atoms with Gasteiger partial charge in [0.15, 0.2) is 9.84 Å². The van der Waals surface area contributed by atoms with Gasteiger partial charge in [-0.05, 0) is 56.4 Å². The minimum Gasteiger partial charge on any atom is -0.497 e. The van der Waals surface area contributed by atoms with Gasteiger partial charge in [0.1, 0.15) is 17.3 Å². The fourth-order valence-electron chi connectivity index (χ4n) is 4.86. The predicted molar refractivity (Wildman–Crippen MR) is 135 cm³/mol. The molecule has 1 aliphatic heterocycles. The quantitative estimate of drug-likeness (QED) is 0.548. The van der Waals surface area contributed by atoms with Crippen LogP contribution in [0.15, 0.2) is 41.4 Å². The molecule has 0 bridgehead atoms. The van der Waals surface area contributed by atoms with Gasteiger partial charge < -0.3 is 15.0 Å². The van der Waals surface area contributed by atoms with Crippen LogP contribution in [0.3, 0.4) is 0 Å². The lowest BCUT2D eigenvalue weighted by atomic mass is 9.99. The Bertz CT molecular complexity index is 1420. The molecule has 0 spiro atoms. The topological polar surface area (TPSA) is 129 Å². The maximum Gasteiger partial charge on any atom is 0.244 e. The second-order valence-electron chi connectivity index (χ2n) is 9.80.